The van der Waals surface area contributed by atoms with Crippen molar-refractivity contribution in [3.8, 4) is 23.0 Å². The first kappa shape index (κ1) is 13.9. The molecule has 0 amide bonds. The van der Waals surface area contributed by atoms with E-state index in [1.807, 2.05) is 0 Å². The van der Waals surface area contributed by atoms with E-state index in [2.05, 4.69) is 88.7 Å². The van der Waals surface area contributed by atoms with Crippen molar-refractivity contribution in [3.05, 3.63) is 66.2 Å². The van der Waals surface area contributed by atoms with E-state index in [1.54, 1.807) is 0 Å². The number of benzene rings is 3. The predicted octanol–water partition coefficient (Wildman–Crippen LogP) is 4.77. The summed E-state index contributed by atoms with van der Waals surface area (Å²) >= 11 is 0. The summed E-state index contributed by atoms with van der Waals surface area (Å²) in [6.45, 7) is 2.07. The van der Waals surface area contributed by atoms with Crippen LogP contribution in [0.1, 0.15) is 18.9 Å². The highest BCUT2D eigenvalue weighted by Gasteiger charge is 2.00. The van der Waals surface area contributed by atoms with Crippen molar-refractivity contribution >= 4 is 25.3 Å². The van der Waals surface area contributed by atoms with Gasteiger partial charge in [-0.05, 0) is 45.4 Å². The summed E-state index contributed by atoms with van der Waals surface area (Å²) in [5, 5.41) is 3.70. The molecule has 0 bridgehead atoms. The zero-order valence-corrected chi connectivity index (χ0v) is 13.2. The molecule has 3 rings (SSSR count). The molecule has 0 spiro atoms. The highest BCUT2D eigenvalue weighted by atomic mass is 31.0. The third-order valence-corrected chi connectivity index (χ3v) is 3.88. The van der Waals surface area contributed by atoms with Crippen LogP contribution >= 0.6 is 9.24 Å². The van der Waals surface area contributed by atoms with Crippen molar-refractivity contribution in [1.82, 2.24) is 0 Å². The van der Waals surface area contributed by atoms with E-state index < -0.39 is 0 Å². The third-order valence-electron chi connectivity index (χ3n) is 3.49. The number of hydrogen-bond donors (Lipinski definition) is 0. The van der Waals surface area contributed by atoms with Gasteiger partial charge in [-0.3, -0.25) is 0 Å². The molecule has 3 aromatic rings. The van der Waals surface area contributed by atoms with E-state index in [0.717, 1.165) is 12.0 Å². The van der Waals surface area contributed by atoms with Crippen molar-refractivity contribution in [1.29, 1.82) is 0 Å². The lowest BCUT2D eigenvalue weighted by atomic mass is 10.00. The summed E-state index contributed by atoms with van der Waals surface area (Å²) in [5.74, 6) is 6.31. The smallest absolute Gasteiger partial charge is 0.0251 e. The Bertz CT molecular complexity index is 833. The molecular formula is C20H17P. The molecule has 21 heavy (non-hydrogen) atoms. The molecule has 0 saturated carbocycles. The van der Waals surface area contributed by atoms with Gasteiger partial charge in [-0.1, -0.05) is 61.2 Å². The number of rotatable bonds is 1. The molecule has 0 heterocycles. The van der Waals surface area contributed by atoms with Crippen LogP contribution in [0, 0.1) is 11.8 Å². The van der Waals surface area contributed by atoms with Gasteiger partial charge in [-0.25, -0.2) is 0 Å². The molecule has 102 valence electrons. The molecule has 0 aliphatic carbocycles. The monoisotopic (exact) mass is 288 g/mol. The first-order valence-corrected chi connectivity index (χ1v) is 7.72. The lowest BCUT2D eigenvalue weighted by Crippen LogP contribution is -1.88. The molecule has 1 heteroatoms. The highest BCUT2D eigenvalue weighted by Crippen LogP contribution is 2.24. The molecular weight excluding hydrogens is 271 g/mol. The van der Waals surface area contributed by atoms with Crippen LogP contribution in [0.4, 0.5) is 0 Å². The van der Waals surface area contributed by atoms with Crippen LogP contribution in [0.2, 0.25) is 0 Å². The van der Waals surface area contributed by atoms with Crippen LogP contribution in [0.3, 0.4) is 0 Å². The highest BCUT2D eigenvalue weighted by molar-refractivity contribution is 7.27. The van der Waals surface area contributed by atoms with Gasteiger partial charge in [0.15, 0.2) is 0 Å². The van der Waals surface area contributed by atoms with Crippen LogP contribution in [-0.2, 0) is 0 Å². The molecule has 0 aromatic heterocycles. The average Bonchev–Trinajstić information content (AvgIpc) is 2.53. The minimum atomic E-state index is 0.892. The maximum Gasteiger partial charge on any atom is 0.0251 e. The van der Waals surface area contributed by atoms with Crippen LogP contribution in [-0.4, -0.2) is 0 Å². The number of fused-ring (bicyclic) bond motifs is 1. The Morgan fingerprint density at radius 1 is 0.810 bits per heavy atom. The minimum absolute atomic E-state index is 0.892. The van der Waals surface area contributed by atoms with Crippen molar-refractivity contribution in [2.24, 2.45) is 0 Å². The van der Waals surface area contributed by atoms with Crippen LogP contribution < -0.4 is 5.30 Å². The fourth-order valence-corrected chi connectivity index (χ4v) is 2.56. The van der Waals surface area contributed by atoms with Crippen molar-refractivity contribution in [2.75, 3.05) is 0 Å². The first-order valence-electron chi connectivity index (χ1n) is 7.15. The minimum Gasteiger partial charge on any atom is -0.106 e. The van der Waals surface area contributed by atoms with E-state index in [9.17, 15) is 0 Å². The van der Waals surface area contributed by atoms with E-state index in [1.165, 1.54) is 27.2 Å². The van der Waals surface area contributed by atoms with Crippen LogP contribution in [0.5, 0.6) is 0 Å². The first-order chi connectivity index (χ1) is 10.3. The quantitative estimate of drug-likeness (QED) is 0.447. The summed E-state index contributed by atoms with van der Waals surface area (Å²) in [6, 6.07) is 21.6. The van der Waals surface area contributed by atoms with Gasteiger partial charge in [0.05, 0.1) is 0 Å². The van der Waals surface area contributed by atoms with Gasteiger partial charge in [-0.2, -0.15) is 0 Å². The van der Waals surface area contributed by atoms with Gasteiger partial charge in [0, 0.05) is 12.0 Å². The Labute approximate surface area is 128 Å². The molecule has 0 aliphatic heterocycles. The Morgan fingerprint density at radius 3 is 2.24 bits per heavy atom. The fraction of sp³-hybridized carbons (Fsp3) is 0.100. The average molecular weight is 288 g/mol. The maximum absolute atomic E-state index is 3.19. The molecule has 1 atom stereocenters. The molecule has 1 unspecified atom stereocenters. The van der Waals surface area contributed by atoms with E-state index in [-0.39, 0.29) is 0 Å². The third kappa shape index (κ3) is 3.15. The zero-order valence-electron chi connectivity index (χ0n) is 12.1. The second kappa shape index (κ2) is 6.13. The van der Waals surface area contributed by atoms with Gasteiger partial charge in [0.1, 0.15) is 0 Å². The van der Waals surface area contributed by atoms with Gasteiger partial charge in [-0.15, -0.1) is 9.24 Å². The molecule has 0 fully saturated rings. The number of hydrogen-bond acceptors (Lipinski definition) is 0. The molecule has 0 N–H and O–H groups in total. The molecule has 0 saturated heterocycles. The summed E-state index contributed by atoms with van der Waals surface area (Å²) in [6.07, 6.45) is 0.892. The lowest BCUT2D eigenvalue weighted by molar-refractivity contribution is 1.28. The Hall–Kier alpha value is -2.09. The van der Waals surface area contributed by atoms with Gasteiger partial charge in [0.25, 0.3) is 0 Å². The summed E-state index contributed by atoms with van der Waals surface area (Å²) in [5.41, 5.74) is 3.59. The molecule has 3 aromatic carbocycles. The SMILES string of the molecule is CCC#Cc1ccc2cc(-c3ccc(P)cc3)ccc2c1. The Morgan fingerprint density at radius 2 is 1.48 bits per heavy atom. The second-order valence-corrected chi connectivity index (χ2v) is 5.72. The normalized spacial score (nSPS) is 10.2. The predicted molar refractivity (Wildman–Crippen MR) is 95.9 cm³/mol. The van der Waals surface area contributed by atoms with E-state index in [0.29, 0.717) is 0 Å². The fourth-order valence-electron chi connectivity index (χ4n) is 2.37. The van der Waals surface area contributed by atoms with Crippen LogP contribution in [0.15, 0.2) is 60.7 Å². The van der Waals surface area contributed by atoms with Crippen molar-refractivity contribution in [3.63, 3.8) is 0 Å². The molecule has 0 radical (unpaired) electrons. The Kier molecular flexibility index (Phi) is 4.05. The Balaban J connectivity index is 2.02. The largest absolute Gasteiger partial charge is 0.106 e. The molecule has 0 nitrogen and oxygen atoms in total. The van der Waals surface area contributed by atoms with Crippen molar-refractivity contribution < 1.29 is 0 Å². The van der Waals surface area contributed by atoms with E-state index >= 15 is 0 Å². The zero-order chi connectivity index (χ0) is 14.7. The summed E-state index contributed by atoms with van der Waals surface area (Å²) < 4.78 is 0. The standard InChI is InChI=1S/C20H17P/c1-2-3-4-15-5-6-19-14-18(8-7-17(19)13-15)16-9-11-20(21)12-10-16/h5-14H,2,21H2,1H3. The van der Waals surface area contributed by atoms with E-state index in [4.69, 9.17) is 0 Å². The van der Waals surface area contributed by atoms with Gasteiger partial charge < -0.3 is 0 Å². The van der Waals surface area contributed by atoms with Gasteiger partial charge >= 0.3 is 0 Å². The summed E-state index contributed by atoms with van der Waals surface area (Å²) in [7, 11) is 2.72. The lowest BCUT2D eigenvalue weighted by Gasteiger charge is -2.05. The topological polar surface area (TPSA) is 0 Å². The second-order valence-electron chi connectivity index (χ2n) is 5.05. The maximum atomic E-state index is 3.19. The van der Waals surface area contributed by atoms with Crippen molar-refractivity contribution in [2.45, 2.75) is 13.3 Å². The van der Waals surface area contributed by atoms with Gasteiger partial charge in [0.2, 0.25) is 0 Å². The summed E-state index contributed by atoms with van der Waals surface area (Å²) in [4.78, 5) is 0. The molecule has 0 aliphatic rings. The van der Waals surface area contributed by atoms with Crippen LogP contribution in [0.25, 0.3) is 21.9 Å².